The third-order valence-corrected chi connectivity index (χ3v) is 1.82. The summed E-state index contributed by atoms with van der Waals surface area (Å²) >= 11 is 0. The molecule has 0 aliphatic carbocycles. The second kappa shape index (κ2) is 8.38. The van der Waals surface area contributed by atoms with E-state index in [0.29, 0.717) is 26.0 Å². The summed E-state index contributed by atoms with van der Waals surface area (Å²) in [6, 6.07) is -0.671. The highest BCUT2D eigenvalue weighted by Crippen LogP contribution is 2.07. The summed E-state index contributed by atoms with van der Waals surface area (Å²) < 4.78 is 29.5. The Morgan fingerprint density at radius 3 is 2.54 bits per heavy atom. The zero-order valence-electron chi connectivity index (χ0n) is 8.35. The number of hydrogen-bond donors (Lipinski definition) is 1. The summed E-state index contributed by atoms with van der Waals surface area (Å²) in [6.45, 7) is 3.17. The van der Waals surface area contributed by atoms with E-state index in [2.05, 4.69) is 5.32 Å². The van der Waals surface area contributed by atoms with E-state index in [0.717, 1.165) is 6.42 Å². The van der Waals surface area contributed by atoms with Crippen LogP contribution in [0.1, 0.15) is 26.2 Å². The first-order valence-corrected chi connectivity index (χ1v) is 4.72. The Labute approximate surface area is 78.7 Å². The maximum absolute atomic E-state index is 12.3. The van der Waals surface area contributed by atoms with Gasteiger partial charge in [-0.05, 0) is 25.8 Å². The maximum atomic E-state index is 12.3. The van der Waals surface area contributed by atoms with Crippen LogP contribution in [0, 0.1) is 0 Å². The number of hydrogen-bond acceptors (Lipinski definition) is 2. The molecule has 0 aromatic heterocycles. The van der Waals surface area contributed by atoms with Gasteiger partial charge < -0.3 is 10.1 Å². The molecule has 0 aliphatic heterocycles. The summed E-state index contributed by atoms with van der Waals surface area (Å²) in [5, 5.41) is 2.82. The molecule has 13 heavy (non-hydrogen) atoms. The molecule has 1 N–H and O–H groups in total. The standard InChI is InChI=1S/C9H19F2NO/c1-3-6-12-8(9(10)11)5-4-7-13-2/h8-9,12H,3-7H2,1-2H3. The minimum Gasteiger partial charge on any atom is -0.385 e. The Kier molecular flexibility index (Phi) is 8.24. The molecule has 0 rings (SSSR count). The first kappa shape index (κ1) is 12.8. The maximum Gasteiger partial charge on any atom is 0.253 e. The van der Waals surface area contributed by atoms with Crippen LogP contribution in [0.15, 0.2) is 0 Å². The first-order valence-electron chi connectivity index (χ1n) is 4.72. The van der Waals surface area contributed by atoms with Crippen LogP contribution in [0.2, 0.25) is 0 Å². The molecule has 80 valence electrons. The minimum atomic E-state index is -2.27. The molecule has 0 aliphatic rings. The molecule has 4 heteroatoms. The van der Waals surface area contributed by atoms with Gasteiger partial charge >= 0.3 is 0 Å². The summed E-state index contributed by atoms with van der Waals surface area (Å²) in [5.74, 6) is 0. The Hall–Kier alpha value is -0.220. The molecule has 0 heterocycles. The Morgan fingerprint density at radius 1 is 1.38 bits per heavy atom. The van der Waals surface area contributed by atoms with Crippen LogP contribution in [0.3, 0.4) is 0 Å². The fourth-order valence-corrected chi connectivity index (χ4v) is 1.09. The van der Waals surface area contributed by atoms with Gasteiger partial charge in [0.2, 0.25) is 0 Å². The summed E-state index contributed by atoms with van der Waals surface area (Å²) in [6.07, 6.45) is -0.232. The highest BCUT2D eigenvalue weighted by atomic mass is 19.3. The fourth-order valence-electron chi connectivity index (χ4n) is 1.09. The predicted molar refractivity (Wildman–Crippen MR) is 49.2 cm³/mol. The molecular weight excluding hydrogens is 176 g/mol. The van der Waals surface area contributed by atoms with Crippen molar-refractivity contribution in [3.8, 4) is 0 Å². The van der Waals surface area contributed by atoms with E-state index in [1.54, 1.807) is 7.11 Å². The molecular formula is C9H19F2NO. The van der Waals surface area contributed by atoms with Gasteiger partial charge in [-0.3, -0.25) is 0 Å². The highest BCUT2D eigenvalue weighted by Gasteiger charge is 2.18. The van der Waals surface area contributed by atoms with Crippen LogP contribution >= 0.6 is 0 Å². The molecule has 0 spiro atoms. The number of methoxy groups -OCH3 is 1. The lowest BCUT2D eigenvalue weighted by atomic mass is 10.1. The zero-order valence-corrected chi connectivity index (χ0v) is 8.35. The summed E-state index contributed by atoms with van der Waals surface area (Å²) in [4.78, 5) is 0. The molecule has 0 aromatic carbocycles. The third kappa shape index (κ3) is 6.90. The number of nitrogens with one attached hydrogen (secondary N) is 1. The topological polar surface area (TPSA) is 21.3 Å². The van der Waals surface area contributed by atoms with E-state index in [1.807, 2.05) is 6.92 Å². The van der Waals surface area contributed by atoms with Crippen molar-refractivity contribution in [3.05, 3.63) is 0 Å². The van der Waals surface area contributed by atoms with Gasteiger partial charge in [0.25, 0.3) is 6.43 Å². The Balaban J connectivity index is 3.54. The monoisotopic (exact) mass is 195 g/mol. The van der Waals surface area contributed by atoms with Crippen molar-refractivity contribution < 1.29 is 13.5 Å². The third-order valence-electron chi connectivity index (χ3n) is 1.82. The predicted octanol–water partition coefficient (Wildman–Crippen LogP) is 2.05. The van der Waals surface area contributed by atoms with Crippen LogP contribution in [0.5, 0.6) is 0 Å². The van der Waals surface area contributed by atoms with E-state index >= 15 is 0 Å². The molecule has 0 aromatic rings. The second-order valence-electron chi connectivity index (χ2n) is 3.03. The van der Waals surface area contributed by atoms with Gasteiger partial charge in [-0.2, -0.15) is 0 Å². The summed E-state index contributed by atoms with van der Waals surface area (Å²) in [5.41, 5.74) is 0. The van der Waals surface area contributed by atoms with E-state index in [4.69, 9.17) is 4.74 Å². The summed E-state index contributed by atoms with van der Waals surface area (Å²) in [7, 11) is 1.58. The molecule has 0 fully saturated rings. The number of rotatable bonds is 8. The average molecular weight is 195 g/mol. The van der Waals surface area contributed by atoms with Gasteiger partial charge in [0, 0.05) is 13.7 Å². The van der Waals surface area contributed by atoms with E-state index < -0.39 is 12.5 Å². The largest absolute Gasteiger partial charge is 0.385 e. The van der Waals surface area contributed by atoms with E-state index in [9.17, 15) is 8.78 Å². The van der Waals surface area contributed by atoms with Crippen LogP contribution in [0.4, 0.5) is 8.78 Å². The van der Waals surface area contributed by atoms with E-state index in [1.165, 1.54) is 0 Å². The Bertz CT molecular complexity index is 112. The molecule has 0 bridgehead atoms. The fraction of sp³-hybridized carbons (Fsp3) is 1.00. The van der Waals surface area contributed by atoms with Crippen molar-refractivity contribution >= 4 is 0 Å². The van der Waals surface area contributed by atoms with E-state index in [-0.39, 0.29) is 0 Å². The van der Waals surface area contributed by atoms with Crippen molar-refractivity contribution in [2.24, 2.45) is 0 Å². The lowest BCUT2D eigenvalue weighted by molar-refractivity contribution is 0.0874. The number of ether oxygens (including phenoxy) is 1. The molecule has 0 saturated carbocycles. The van der Waals surface area contributed by atoms with Crippen molar-refractivity contribution in [2.45, 2.75) is 38.7 Å². The second-order valence-corrected chi connectivity index (χ2v) is 3.03. The molecule has 2 nitrogen and oxygen atoms in total. The van der Waals surface area contributed by atoms with Crippen LogP contribution < -0.4 is 5.32 Å². The SMILES string of the molecule is CCCNC(CCCOC)C(F)F. The van der Waals surface area contributed by atoms with Gasteiger partial charge in [0.1, 0.15) is 0 Å². The molecule has 0 amide bonds. The lowest BCUT2D eigenvalue weighted by Crippen LogP contribution is -2.36. The van der Waals surface area contributed by atoms with Crippen molar-refractivity contribution in [3.63, 3.8) is 0 Å². The van der Waals surface area contributed by atoms with Crippen LogP contribution in [0.25, 0.3) is 0 Å². The minimum absolute atomic E-state index is 0.478. The average Bonchev–Trinajstić information content (AvgIpc) is 2.10. The Morgan fingerprint density at radius 2 is 2.08 bits per heavy atom. The first-order chi connectivity index (χ1) is 6.22. The molecule has 1 unspecified atom stereocenters. The number of alkyl halides is 2. The van der Waals surface area contributed by atoms with Gasteiger partial charge in [-0.1, -0.05) is 6.92 Å². The smallest absolute Gasteiger partial charge is 0.253 e. The molecule has 1 atom stereocenters. The van der Waals surface area contributed by atoms with Crippen LogP contribution in [-0.4, -0.2) is 32.7 Å². The lowest BCUT2D eigenvalue weighted by Gasteiger charge is -2.16. The van der Waals surface area contributed by atoms with Gasteiger partial charge in [-0.15, -0.1) is 0 Å². The molecule has 0 saturated heterocycles. The normalized spacial score (nSPS) is 13.6. The number of halogens is 2. The quantitative estimate of drug-likeness (QED) is 0.598. The van der Waals surface area contributed by atoms with Crippen molar-refractivity contribution in [1.82, 2.24) is 5.32 Å². The van der Waals surface area contributed by atoms with Crippen molar-refractivity contribution in [1.29, 1.82) is 0 Å². The molecule has 0 radical (unpaired) electrons. The highest BCUT2D eigenvalue weighted by molar-refractivity contribution is 4.68. The van der Waals surface area contributed by atoms with Crippen molar-refractivity contribution in [2.75, 3.05) is 20.3 Å². The van der Waals surface area contributed by atoms with Gasteiger partial charge in [0.15, 0.2) is 0 Å². The van der Waals surface area contributed by atoms with Crippen LogP contribution in [-0.2, 0) is 4.74 Å². The van der Waals surface area contributed by atoms with Gasteiger partial charge in [-0.25, -0.2) is 8.78 Å². The zero-order chi connectivity index (χ0) is 10.1. The van der Waals surface area contributed by atoms with Gasteiger partial charge in [0.05, 0.1) is 6.04 Å².